The van der Waals surface area contributed by atoms with E-state index < -0.39 is 0 Å². The van der Waals surface area contributed by atoms with Gasteiger partial charge in [-0.2, -0.15) is 5.10 Å². The van der Waals surface area contributed by atoms with Gasteiger partial charge in [-0.1, -0.05) is 12.5 Å². The van der Waals surface area contributed by atoms with Crippen LogP contribution in [0.25, 0.3) is 0 Å². The molecule has 0 saturated heterocycles. The first kappa shape index (κ1) is 15.1. The monoisotopic (exact) mass is 319 g/mol. The summed E-state index contributed by atoms with van der Waals surface area (Å²) in [7, 11) is 1.52. The molecule has 6 heteroatoms. The Hall–Kier alpha value is -1.82. The van der Waals surface area contributed by atoms with E-state index in [2.05, 4.69) is 15.8 Å². The van der Waals surface area contributed by atoms with Crippen molar-refractivity contribution in [2.45, 2.75) is 31.7 Å². The molecule has 0 radical (unpaired) electrons. The van der Waals surface area contributed by atoms with Crippen LogP contribution in [0.2, 0.25) is 0 Å². The van der Waals surface area contributed by atoms with Crippen LogP contribution in [0, 0.1) is 11.8 Å². The largest absolute Gasteiger partial charge is 0.504 e. The number of hydrazone groups is 1. The number of benzene rings is 1. The molecule has 2 aliphatic rings. The van der Waals surface area contributed by atoms with E-state index in [1.807, 2.05) is 0 Å². The van der Waals surface area contributed by atoms with Crippen molar-refractivity contribution in [1.82, 2.24) is 10.7 Å². The summed E-state index contributed by atoms with van der Waals surface area (Å²) in [4.78, 5) is 0. The van der Waals surface area contributed by atoms with Gasteiger partial charge in [-0.05, 0) is 55.4 Å². The van der Waals surface area contributed by atoms with Gasteiger partial charge < -0.3 is 15.2 Å². The van der Waals surface area contributed by atoms with Crippen molar-refractivity contribution in [2.24, 2.45) is 16.9 Å². The average molecular weight is 319 g/mol. The highest BCUT2D eigenvalue weighted by Gasteiger charge is 2.39. The minimum atomic E-state index is 0.0718. The van der Waals surface area contributed by atoms with E-state index >= 15 is 0 Å². The molecular formula is C16H21N3O2S. The van der Waals surface area contributed by atoms with E-state index in [1.165, 1.54) is 39.0 Å². The fourth-order valence-electron chi connectivity index (χ4n) is 3.59. The molecule has 1 aromatic carbocycles. The second-order valence-corrected chi connectivity index (χ2v) is 6.43. The second kappa shape index (κ2) is 6.52. The van der Waals surface area contributed by atoms with Gasteiger partial charge in [-0.15, -0.1) is 0 Å². The number of hydrogen-bond acceptors (Lipinski definition) is 4. The Bertz CT molecular complexity index is 591. The van der Waals surface area contributed by atoms with Crippen molar-refractivity contribution in [3.05, 3.63) is 23.8 Å². The van der Waals surface area contributed by atoms with Gasteiger partial charge in [-0.3, -0.25) is 5.43 Å². The zero-order valence-corrected chi connectivity index (χ0v) is 13.4. The van der Waals surface area contributed by atoms with Gasteiger partial charge in [0.2, 0.25) is 0 Å². The summed E-state index contributed by atoms with van der Waals surface area (Å²) in [5, 5.41) is 17.9. The Morgan fingerprint density at radius 1 is 1.41 bits per heavy atom. The first-order valence-electron chi connectivity index (χ1n) is 7.63. The summed E-state index contributed by atoms with van der Waals surface area (Å²) in [5.41, 5.74) is 3.40. The molecule has 3 N–H and O–H groups in total. The van der Waals surface area contributed by atoms with Crippen molar-refractivity contribution < 1.29 is 9.84 Å². The molecule has 22 heavy (non-hydrogen) atoms. The smallest absolute Gasteiger partial charge is 0.187 e. The Morgan fingerprint density at radius 2 is 2.27 bits per heavy atom. The van der Waals surface area contributed by atoms with Gasteiger partial charge in [0.15, 0.2) is 16.6 Å². The highest BCUT2D eigenvalue weighted by molar-refractivity contribution is 7.80. The number of phenols is 1. The van der Waals surface area contributed by atoms with Crippen molar-refractivity contribution in [3.8, 4) is 11.5 Å². The second-order valence-electron chi connectivity index (χ2n) is 6.02. The molecule has 0 amide bonds. The fraction of sp³-hybridized carbons (Fsp3) is 0.500. The number of methoxy groups -OCH3 is 1. The van der Waals surface area contributed by atoms with E-state index in [1.54, 1.807) is 18.2 Å². The number of rotatable bonds is 4. The van der Waals surface area contributed by atoms with Crippen LogP contribution in [0.3, 0.4) is 0 Å². The molecular weight excluding hydrogens is 298 g/mol. The van der Waals surface area contributed by atoms with Gasteiger partial charge in [0.05, 0.1) is 13.3 Å². The van der Waals surface area contributed by atoms with E-state index in [0.717, 1.165) is 11.8 Å². The van der Waals surface area contributed by atoms with Gasteiger partial charge in [0.1, 0.15) is 0 Å². The summed E-state index contributed by atoms with van der Waals surface area (Å²) < 4.78 is 5.06. The third-order valence-corrected chi connectivity index (χ3v) is 4.88. The molecule has 2 saturated carbocycles. The van der Waals surface area contributed by atoms with Gasteiger partial charge in [0, 0.05) is 11.6 Å². The first-order valence-corrected chi connectivity index (χ1v) is 8.03. The molecule has 1 aromatic rings. The molecule has 2 bridgehead atoms. The Balaban J connectivity index is 1.52. The maximum Gasteiger partial charge on any atom is 0.187 e. The lowest BCUT2D eigenvalue weighted by Crippen LogP contribution is -2.42. The molecule has 0 heterocycles. The molecule has 3 atom stereocenters. The fourth-order valence-corrected chi connectivity index (χ4v) is 3.79. The highest BCUT2D eigenvalue weighted by atomic mass is 32.1. The Kier molecular flexibility index (Phi) is 4.47. The Labute approximate surface area is 135 Å². The number of phenolic OH excluding ortho intramolecular Hbond substituents is 1. The predicted molar refractivity (Wildman–Crippen MR) is 90.4 cm³/mol. The van der Waals surface area contributed by atoms with Crippen LogP contribution in [-0.4, -0.2) is 29.6 Å². The predicted octanol–water partition coefficient (Wildman–Crippen LogP) is 2.39. The van der Waals surface area contributed by atoms with E-state index in [-0.39, 0.29) is 5.75 Å². The van der Waals surface area contributed by atoms with Crippen molar-refractivity contribution >= 4 is 23.5 Å². The van der Waals surface area contributed by atoms with E-state index in [4.69, 9.17) is 17.0 Å². The third kappa shape index (κ3) is 3.16. The molecule has 5 nitrogen and oxygen atoms in total. The number of hydrogen-bond donors (Lipinski definition) is 3. The Morgan fingerprint density at radius 3 is 2.95 bits per heavy atom. The van der Waals surface area contributed by atoms with E-state index in [9.17, 15) is 5.11 Å². The van der Waals surface area contributed by atoms with E-state index in [0.29, 0.717) is 22.5 Å². The normalized spacial score (nSPS) is 26.3. The summed E-state index contributed by atoms with van der Waals surface area (Å²) >= 11 is 5.28. The van der Waals surface area contributed by atoms with Crippen LogP contribution in [0.1, 0.15) is 31.2 Å². The molecule has 2 fully saturated rings. The molecule has 2 aliphatic carbocycles. The molecule has 0 unspecified atom stereocenters. The van der Waals surface area contributed by atoms with Crippen LogP contribution in [0.15, 0.2) is 23.3 Å². The summed E-state index contributed by atoms with van der Waals surface area (Å²) in [6, 6.07) is 5.74. The number of nitrogens with one attached hydrogen (secondary N) is 2. The standard InChI is InChI=1S/C16H21N3O2S/c1-21-14-4-2-3-12(15(14)20)9-17-19-16(22)18-13-8-10-5-6-11(13)7-10/h2-4,9-11,13,20H,5-8H2,1H3,(H2,18,19,22)/b17-9+/t10-,11-,13+/m1/s1. The lowest BCUT2D eigenvalue weighted by atomic mass is 9.96. The quantitative estimate of drug-likeness (QED) is 0.452. The summed E-state index contributed by atoms with van der Waals surface area (Å²) in [6.45, 7) is 0. The number of para-hydroxylation sites is 1. The number of nitrogens with zero attached hydrogens (tertiary/aromatic N) is 1. The topological polar surface area (TPSA) is 65.9 Å². The van der Waals surface area contributed by atoms with Crippen LogP contribution in [-0.2, 0) is 0 Å². The lowest BCUT2D eigenvalue weighted by Gasteiger charge is -2.23. The van der Waals surface area contributed by atoms with Crippen LogP contribution < -0.4 is 15.5 Å². The van der Waals surface area contributed by atoms with Gasteiger partial charge >= 0.3 is 0 Å². The number of thiocarbonyl (C=S) groups is 1. The molecule has 118 valence electrons. The zero-order valence-electron chi connectivity index (χ0n) is 12.6. The van der Waals surface area contributed by atoms with Crippen molar-refractivity contribution in [2.75, 3.05) is 7.11 Å². The maximum atomic E-state index is 9.96. The molecule has 0 aromatic heterocycles. The SMILES string of the molecule is COc1cccc(/C=N/NC(=S)N[C@H]2C[C@@H]3CC[C@@H]2C3)c1O. The summed E-state index contributed by atoms with van der Waals surface area (Å²) in [5.74, 6) is 2.13. The summed E-state index contributed by atoms with van der Waals surface area (Å²) in [6.07, 6.45) is 6.77. The first-order chi connectivity index (χ1) is 10.7. The molecule has 0 spiro atoms. The number of ether oxygens (including phenoxy) is 1. The number of aromatic hydroxyl groups is 1. The molecule has 0 aliphatic heterocycles. The van der Waals surface area contributed by atoms with Crippen LogP contribution in [0.5, 0.6) is 11.5 Å². The maximum absolute atomic E-state index is 9.96. The van der Waals surface area contributed by atoms with Crippen molar-refractivity contribution in [1.29, 1.82) is 0 Å². The lowest BCUT2D eigenvalue weighted by molar-refractivity contribution is 0.373. The highest BCUT2D eigenvalue weighted by Crippen LogP contribution is 2.44. The van der Waals surface area contributed by atoms with Gasteiger partial charge in [-0.25, -0.2) is 0 Å². The van der Waals surface area contributed by atoms with Crippen LogP contribution in [0.4, 0.5) is 0 Å². The third-order valence-electron chi connectivity index (χ3n) is 4.67. The average Bonchev–Trinajstić information content (AvgIpc) is 3.11. The number of fused-ring (bicyclic) bond motifs is 2. The minimum absolute atomic E-state index is 0.0718. The minimum Gasteiger partial charge on any atom is -0.504 e. The zero-order chi connectivity index (χ0) is 15.5. The van der Waals surface area contributed by atoms with Crippen LogP contribution >= 0.6 is 12.2 Å². The van der Waals surface area contributed by atoms with Gasteiger partial charge in [0.25, 0.3) is 0 Å². The molecule has 3 rings (SSSR count). The van der Waals surface area contributed by atoms with Crippen molar-refractivity contribution in [3.63, 3.8) is 0 Å².